The van der Waals surface area contributed by atoms with E-state index in [1.165, 1.54) is 0 Å². The molecular formula is C24H29NO4. The van der Waals surface area contributed by atoms with Gasteiger partial charge >= 0.3 is 11.9 Å². The minimum atomic E-state index is -0.924. The van der Waals surface area contributed by atoms with Crippen molar-refractivity contribution in [2.45, 2.75) is 44.6 Å². The number of rotatable bonds is 7. The van der Waals surface area contributed by atoms with Gasteiger partial charge in [-0.1, -0.05) is 56.3 Å². The normalized spacial score (nSPS) is 23.4. The monoisotopic (exact) mass is 395 g/mol. The summed E-state index contributed by atoms with van der Waals surface area (Å²) in [6.45, 7) is 5.66. The summed E-state index contributed by atoms with van der Waals surface area (Å²) >= 11 is 0. The van der Waals surface area contributed by atoms with E-state index in [-0.39, 0.29) is 11.3 Å². The number of carboxylic acid groups (broad SMARTS) is 2. The molecule has 2 N–H and O–H groups in total. The van der Waals surface area contributed by atoms with Crippen LogP contribution in [0, 0.1) is 5.92 Å². The zero-order valence-corrected chi connectivity index (χ0v) is 17.0. The molecule has 3 atom stereocenters. The third-order valence-electron chi connectivity index (χ3n) is 6.56. The number of piperidine rings is 1. The first-order valence-electron chi connectivity index (χ1n) is 10.2. The first-order chi connectivity index (χ1) is 13.8. The summed E-state index contributed by atoms with van der Waals surface area (Å²) in [5.74, 6) is -1.49. The van der Waals surface area contributed by atoms with E-state index in [0.29, 0.717) is 25.1 Å². The molecule has 1 saturated heterocycles. The van der Waals surface area contributed by atoms with E-state index in [1.807, 2.05) is 36.4 Å². The lowest BCUT2D eigenvalue weighted by molar-refractivity contribution is -0.144. The SMILES string of the molecule is CC1CN(C(CCc2ccccc2)C(=O)O)CCC1(C)c1cccc(C(=O)O)c1. The maximum atomic E-state index is 12.0. The topological polar surface area (TPSA) is 77.8 Å². The number of aryl methyl sites for hydroxylation is 1. The van der Waals surface area contributed by atoms with Crippen LogP contribution in [0.25, 0.3) is 0 Å². The summed E-state index contributed by atoms with van der Waals surface area (Å²) in [7, 11) is 0. The van der Waals surface area contributed by atoms with Crippen LogP contribution in [-0.4, -0.2) is 46.2 Å². The summed E-state index contributed by atoms with van der Waals surface area (Å²) in [4.78, 5) is 25.4. The molecule has 5 heteroatoms. The summed E-state index contributed by atoms with van der Waals surface area (Å²) < 4.78 is 0. The summed E-state index contributed by atoms with van der Waals surface area (Å²) in [5.41, 5.74) is 2.29. The van der Waals surface area contributed by atoms with E-state index in [0.717, 1.165) is 24.0 Å². The number of aromatic carboxylic acids is 1. The predicted octanol–water partition coefficient (Wildman–Crippen LogP) is 4.07. The Bertz CT molecular complexity index is 866. The average Bonchev–Trinajstić information content (AvgIpc) is 2.71. The molecule has 3 rings (SSSR count). The van der Waals surface area contributed by atoms with Crippen LogP contribution < -0.4 is 0 Å². The highest BCUT2D eigenvalue weighted by atomic mass is 16.4. The molecule has 0 aliphatic carbocycles. The molecule has 0 amide bonds. The third kappa shape index (κ3) is 4.67. The molecule has 2 aromatic rings. The molecule has 0 aromatic heterocycles. The van der Waals surface area contributed by atoms with Crippen molar-refractivity contribution >= 4 is 11.9 Å². The van der Waals surface area contributed by atoms with Crippen LogP contribution in [-0.2, 0) is 16.6 Å². The molecule has 5 nitrogen and oxygen atoms in total. The fourth-order valence-corrected chi connectivity index (χ4v) is 4.40. The Morgan fingerprint density at radius 1 is 1.14 bits per heavy atom. The minimum Gasteiger partial charge on any atom is -0.480 e. The van der Waals surface area contributed by atoms with E-state index in [9.17, 15) is 19.8 Å². The van der Waals surface area contributed by atoms with Gasteiger partial charge in [-0.25, -0.2) is 4.79 Å². The number of carbonyl (C=O) groups is 2. The molecule has 0 radical (unpaired) electrons. The number of nitrogens with zero attached hydrogens (tertiary/aromatic N) is 1. The lowest BCUT2D eigenvalue weighted by atomic mass is 9.67. The second-order valence-electron chi connectivity index (χ2n) is 8.33. The Kier molecular flexibility index (Phi) is 6.38. The van der Waals surface area contributed by atoms with Crippen molar-refractivity contribution in [1.29, 1.82) is 0 Å². The average molecular weight is 395 g/mol. The second kappa shape index (κ2) is 8.78. The molecule has 1 fully saturated rings. The second-order valence-corrected chi connectivity index (χ2v) is 8.33. The van der Waals surface area contributed by atoms with Crippen LogP contribution in [0.3, 0.4) is 0 Å². The molecule has 29 heavy (non-hydrogen) atoms. The molecule has 0 spiro atoms. The molecule has 1 aliphatic heterocycles. The van der Waals surface area contributed by atoms with E-state index in [1.54, 1.807) is 18.2 Å². The van der Waals surface area contributed by atoms with E-state index in [4.69, 9.17) is 0 Å². The molecule has 154 valence electrons. The maximum absolute atomic E-state index is 12.0. The van der Waals surface area contributed by atoms with Crippen molar-refractivity contribution < 1.29 is 19.8 Å². The zero-order valence-electron chi connectivity index (χ0n) is 17.0. The smallest absolute Gasteiger partial charge is 0.335 e. The minimum absolute atomic E-state index is 0.176. The van der Waals surface area contributed by atoms with Crippen molar-refractivity contribution in [2.75, 3.05) is 13.1 Å². The van der Waals surface area contributed by atoms with Crippen molar-refractivity contribution in [1.82, 2.24) is 4.90 Å². The highest BCUT2D eigenvalue weighted by Crippen LogP contribution is 2.40. The van der Waals surface area contributed by atoms with Gasteiger partial charge in [0.25, 0.3) is 0 Å². The van der Waals surface area contributed by atoms with Gasteiger partial charge in [0.05, 0.1) is 5.56 Å². The zero-order chi connectivity index (χ0) is 21.0. The molecular weight excluding hydrogens is 366 g/mol. The highest BCUT2D eigenvalue weighted by molar-refractivity contribution is 5.87. The van der Waals surface area contributed by atoms with Crippen LogP contribution in [0.2, 0.25) is 0 Å². The van der Waals surface area contributed by atoms with E-state index >= 15 is 0 Å². The molecule has 1 heterocycles. The van der Waals surface area contributed by atoms with Gasteiger partial charge in [0.1, 0.15) is 6.04 Å². The van der Waals surface area contributed by atoms with Crippen molar-refractivity contribution in [2.24, 2.45) is 5.92 Å². The number of aliphatic carboxylic acids is 1. The quantitative estimate of drug-likeness (QED) is 0.739. The molecule has 1 aliphatic rings. The predicted molar refractivity (Wildman–Crippen MR) is 112 cm³/mol. The standard InChI is InChI=1S/C24H29NO4/c1-17-16-25(21(23(28)29)12-11-18-7-4-3-5-8-18)14-13-24(17,2)20-10-6-9-19(15-20)22(26)27/h3-10,15,17,21H,11-14,16H2,1-2H3,(H,26,27)(H,28,29). The number of hydrogen-bond acceptors (Lipinski definition) is 3. The van der Waals surface area contributed by atoms with Gasteiger partial charge in [-0.2, -0.15) is 0 Å². The maximum Gasteiger partial charge on any atom is 0.335 e. The van der Waals surface area contributed by atoms with Crippen LogP contribution in [0.15, 0.2) is 54.6 Å². The van der Waals surface area contributed by atoms with E-state index < -0.39 is 18.0 Å². The van der Waals surface area contributed by atoms with Gasteiger partial charge in [-0.05, 0) is 60.4 Å². The number of carboxylic acids is 2. The van der Waals surface area contributed by atoms with Crippen LogP contribution >= 0.6 is 0 Å². The lowest BCUT2D eigenvalue weighted by Crippen LogP contribution is -2.53. The first-order valence-corrected chi connectivity index (χ1v) is 10.2. The Morgan fingerprint density at radius 3 is 2.48 bits per heavy atom. The van der Waals surface area contributed by atoms with Gasteiger partial charge in [0.15, 0.2) is 0 Å². The molecule has 0 bridgehead atoms. The Morgan fingerprint density at radius 2 is 1.86 bits per heavy atom. The van der Waals surface area contributed by atoms with Crippen LogP contribution in [0.4, 0.5) is 0 Å². The highest BCUT2D eigenvalue weighted by Gasteiger charge is 2.41. The molecule has 2 aromatic carbocycles. The van der Waals surface area contributed by atoms with E-state index in [2.05, 4.69) is 18.7 Å². The number of benzene rings is 2. The molecule has 3 unspecified atom stereocenters. The fourth-order valence-electron chi connectivity index (χ4n) is 4.40. The van der Waals surface area contributed by atoms with Gasteiger partial charge in [0.2, 0.25) is 0 Å². The van der Waals surface area contributed by atoms with Crippen LogP contribution in [0.5, 0.6) is 0 Å². The lowest BCUT2D eigenvalue weighted by Gasteiger charge is -2.46. The Hall–Kier alpha value is -2.66. The van der Waals surface area contributed by atoms with Gasteiger partial charge < -0.3 is 10.2 Å². The van der Waals surface area contributed by atoms with Crippen molar-refractivity contribution in [3.63, 3.8) is 0 Å². The number of likely N-dealkylation sites (tertiary alicyclic amines) is 1. The first kappa shape index (κ1) is 21.1. The fraction of sp³-hybridized carbons (Fsp3) is 0.417. The van der Waals surface area contributed by atoms with Gasteiger partial charge in [-0.3, -0.25) is 9.69 Å². The van der Waals surface area contributed by atoms with Gasteiger partial charge in [0, 0.05) is 6.54 Å². The summed E-state index contributed by atoms with van der Waals surface area (Å²) in [5, 5.41) is 19.1. The number of hydrogen-bond donors (Lipinski definition) is 2. The van der Waals surface area contributed by atoms with Gasteiger partial charge in [-0.15, -0.1) is 0 Å². The summed E-state index contributed by atoms with van der Waals surface area (Å²) in [6, 6.07) is 16.6. The molecule has 0 saturated carbocycles. The van der Waals surface area contributed by atoms with Crippen LogP contribution in [0.1, 0.15) is 48.2 Å². The largest absolute Gasteiger partial charge is 0.480 e. The van der Waals surface area contributed by atoms with Crippen molar-refractivity contribution in [3.8, 4) is 0 Å². The van der Waals surface area contributed by atoms with Crippen molar-refractivity contribution in [3.05, 3.63) is 71.3 Å². The Balaban J connectivity index is 1.72. The summed E-state index contributed by atoms with van der Waals surface area (Å²) in [6.07, 6.45) is 2.12. The third-order valence-corrected chi connectivity index (χ3v) is 6.56. The Labute approximate surface area is 172 Å².